The zero-order valence-corrected chi connectivity index (χ0v) is 18.7. The largest absolute Gasteiger partial charge is 0.370 e. The topological polar surface area (TPSA) is 71.5 Å². The van der Waals surface area contributed by atoms with Crippen molar-refractivity contribution in [1.29, 1.82) is 0 Å². The van der Waals surface area contributed by atoms with E-state index < -0.39 is 0 Å². The Hall–Kier alpha value is -1.32. The summed E-state index contributed by atoms with van der Waals surface area (Å²) in [6, 6.07) is 10.2. The van der Waals surface area contributed by atoms with Crippen LogP contribution in [0.15, 0.2) is 47.7 Å². The lowest BCUT2D eigenvalue weighted by Crippen LogP contribution is -2.43. The van der Waals surface area contributed by atoms with Gasteiger partial charge in [-0.1, -0.05) is 30.7 Å². The number of halogens is 2. The van der Waals surface area contributed by atoms with Gasteiger partial charge in [-0.15, -0.1) is 24.0 Å². The van der Waals surface area contributed by atoms with Crippen LogP contribution in [0.25, 0.3) is 0 Å². The normalized spacial score (nSPS) is 18.9. The Morgan fingerprint density at radius 2 is 2.19 bits per heavy atom. The van der Waals surface area contributed by atoms with Gasteiger partial charge in [0.1, 0.15) is 0 Å². The number of rotatable bonds is 7. The molecule has 1 fully saturated rings. The molecule has 0 saturated carbocycles. The monoisotopic (exact) mass is 502 g/mol. The van der Waals surface area contributed by atoms with Gasteiger partial charge in [-0.05, 0) is 49.7 Å². The molecule has 1 aromatic heterocycles. The first-order chi connectivity index (χ1) is 12.7. The van der Waals surface area contributed by atoms with Crippen LogP contribution in [0, 0.1) is 0 Å². The van der Waals surface area contributed by atoms with Crippen molar-refractivity contribution in [2.75, 3.05) is 26.2 Å². The van der Waals surface area contributed by atoms with Crippen molar-refractivity contribution in [2.45, 2.75) is 31.8 Å². The summed E-state index contributed by atoms with van der Waals surface area (Å²) in [6.07, 6.45) is 6.19. The van der Waals surface area contributed by atoms with Gasteiger partial charge >= 0.3 is 0 Å². The van der Waals surface area contributed by atoms with E-state index >= 15 is 0 Å². The maximum atomic E-state index is 6.11. The number of guanidine groups is 1. The molecule has 0 spiro atoms. The number of likely N-dealkylation sites (N-methyl/N-ethyl adjacent to an activating group) is 1. The SMILES string of the molecule is CCN1CCCC1CNC(N)=NCC(c1ccc(Cl)cc1)n1cccn1.I. The minimum atomic E-state index is -0.0127. The summed E-state index contributed by atoms with van der Waals surface area (Å²) < 4.78 is 1.90. The lowest BCUT2D eigenvalue weighted by atomic mass is 10.1. The van der Waals surface area contributed by atoms with Crippen molar-refractivity contribution in [1.82, 2.24) is 20.0 Å². The van der Waals surface area contributed by atoms with Gasteiger partial charge < -0.3 is 11.1 Å². The molecule has 1 aromatic carbocycles. The van der Waals surface area contributed by atoms with Crippen LogP contribution in [-0.2, 0) is 0 Å². The predicted octanol–water partition coefficient (Wildman–Crippen LogP) is 3.13. The highest BCUT2D eigenvalue weighted by Crippen LogP contribution is 2.20. The second-order valence-electron chi connectivity index (χ2n) is 6.58. The number of hydrogen-bond donors (Lipinski definition) is 2. The fourth-order valence-corrected chi connectivity index (χ4v) is 3.62. The maximum Gasteiger partial charge on any atom is 0.188 e. The average Bonchev–Trinajstić information content (AvgIpc) is 3.33. The molecule has 2 atom stereocenters. The Balaban J connectivity index is 0.00000261. The molecule has 148 valence electrons. The molecule has 1 saturated heterocycles. The fraction of sp³-hybridized carbons (Fsp3) is 0.474. The van der Waals surface area contributed by atoms with Gasteiger partial charge in [0.2, 0.25) is 0 Å². The van der Waals surface area contributed by atoms with Crippen LogP contribution in [0.3, 0.4) is 0 Å². The molecule has 0 bridgehead atoms. The average molecular weight is 503 g/mol. The first kappa shape index (κ1) is 22.0. The van der Waals surface area contributed by atoms with Crippen LogP contribution in [0.4, 0.5) is 0 Å². The quantitative estimate of drug-likeness (QED) is 0.347. The van der Waals surface area contributed by atoms with E-state index in [0.29, 0.717) is 18.5 Å². The minimum absolute atomic E-state index is 0. The molecule has 2 unspecified atom stereocenters. The smallest absolute Gasteiger partial charge is 0.188 e. The Labute approximate surface area is 183 Å². The molecule has 2 aromatic rings. The second-order valence-corrected chi connectivity index (χ2v) is 7.02. The summed E-state index contributed by atoms with van der Waals surface area (Å²) in [7, 11) is 0. The van der Waals surface area contributed by atoms with Crippen molar-refractivity contribution in [3.05, 3.63) is 53.3 Å². The van der Waals surface area contributed by atoms with Gasteiger partial charge in [-0.3, -0.25) is 14.6 Å². The highest BCUT2D eigenvalue weighted by molar-refractivity contribution is 14.0. The number of benzene rings is 1. The standard InChI is InChI=1S/C19H27ClN6.HI/c1-2-25-11-3-5-17(25)13-22-19(21)23-14-18(26-12-4-10-24-26)15-6-8-16(20)9-7-15;/h4,6-10,12,17-18H,2-3,5,11,13-14H2,1H3,(H3,21,22,23);1H. The van der Waals surface area contributed by atoms with E-state index in [1.807, 2.05) is 41.2 Å². The molecule has 0 amide bonds. The molecular weight excluding hydrogens is 475 g/mol. The molecule has 6 nitrogen and oxygen atoms in total. The van der Waals surface area contributed by atoms with Gasteiger partial charge in [0.15, 0.2) is 5.96 Å². The number of nitrogens with one attached hydrogen (secondary N) is 1. The van der Waals surface area contributed by atoms with Gasteiger partial charge in [-0.25, -0.2) is 0 Å². The summed E-state index contributed by atoms with van der Waals surface area (Å²) >= 11 is 6.01. The van der Waals surface area contributed by atoms with Crippen molar-refractivity contribution < 1.29 is 0 Å². The summed E-state index contributed by atoms with van der Waals surface area (Å²) in [4.78, 5) is 7.05. The lowest BCUT2D eigenvalue weighted by Gasteiger charge is -2.23. The molecule has 2 heterocycles. The summed E-state index contributed by atoms with van der Waals surface area (Å²) in [5.74, 6) is 0.485. The molecular formula is C19H28ClIN6. The highest BCUT2D eigenvalue weighted by atomic mass is 127. The van der Waals surface area contributed by atoms with Crippen LogP contribution in [-0.4, -0.2) is 52.9 Å². The van der Waals surface area contributed by atoms with Crippen molar-refractivity contribution >= 4 is 41.5 Å². The first-order valence-electron chi connectivity index (χ1n) is 9.19. The van der Waals surface area contributed by atoms with Gasteiger partial charge in [0, 0.05) is 30.0 Å². The predicted molar refractivity (Wildman–Crippen MR) is 122 cm³/mol. The first-order valence-corrected chi connectivity index (χ1v) is 9.57. The van der Waals surface area contributed by atoms with Gasteiger partial charge in [0.05, 0.1) is 12.6 Å². The van der Waals surface area contributed by atoms with Crippen LogP contribution in [0.5, 0.6) is 0 Å². The Morgan fingerprint density at radius 1 is 1.41 bits per heavy atom. The summed E-state index contributed by atoms with van der Waals surface area (Å²) in [6.45, 7) is 5.83. The number of aliphatic imine (C=N–C) groups is 1. The third-order valence-electron chi connectivity index (χ3n) is 4.96. The van der Waals surface area contributed by atoms with E-state index in [-0.39, 0.29) is 30.0 Å². The van der Waals surface area contributed by atoms with E-state index in [1.54, 1.807) is 6.20 Å². The third kappa shape index (κ3) is 6.08. The molecule has 1 aliphatic rings. The summed E-state index contributed by atoms with van der Waals surface area (Å²) in [5, 5.41) is 8.37. The zero-order chi connectivity index (χ0) is 18.4. The maximum absolute atomic E-state index is 6.11. The van der Waals surface area contributed by atoms with E-state index in [0.717, 1.165) is 23.7 Å². The summed E-state index contributed by atoms with van der Waals surface area (Å²) in [5.41, 5.74) is 7.21. The molecule has 27 heavy (non-hydrogen) atoms. The van der Waals surface area contributed by atoms with Crippen molar-refractivity contribution in [2.24, 2.45) is 10.7 Å². The molecule has 1 aliphatic heterocycles. The van der Waals surface area contributed by atoms with Crippen LogP contribution in [0.1, 0.15) is 31.4 Å². The molecule has 3 rings (SSSR count). The van der Waals surface area contributed by atoms with E-state index in [1.165, 1.54) is 19.4 Å². The van der Waals surface area contributed by atoms with Crippen LogP contribution < -0.4 is 11.1 Å². The number of likely N-dealkylation sites (tertiary alicyclic amines) is 1. The Kier molecular flexibility index (Phi) is 8.85. The Bertz CT molecular complexity index is 703. The highest BCUT2D eigenvalue weighted by Gasteiger charge is 2.22. The number of nitrogens with two attached hydrogens (primary N) is 1. The zero-order valence-electron chi connectivity index (χ0n) is 15.6. The number of hydrogen-bond acceptors (Lipinski definition) is 3. The lowest BCUT2D eigenvalue weighted by molar-refractivity contribution is 0.267. The number of aromatic nitrogens is 2. The van der Waals surface area contributed by atoms with E-state index in [4.69, 9.17) is 17.3 Å². The second kappa shape index (κ2) is 10.9. The fourth-order valence-electron chi connectivity index (χ4n) is 3.50. The van der Waals surface area contributed by atoms with Gasteiger partial charge in [0.25, 0.3) is 0 Å². The molecule has 8 heteroatoms. The van der Waals surface area contributed by atoms with Crippen LogP contribution in [0.2, 0.25) is 5.02 Å². The Morgan fingerprint density at radius 3 is 2.85 bits per heavy atom. The van der Waals surface area contributed by atoms with Crippen LogP contribution >= 0.6 is 35.6 Å². The molecule has 0 aliphatic carbocycles. The third-order valence-corrected chi connectivity index (χ3v) is 5.21. The number of nitrogens with zero attached hydrogens (tertiary/aromatic N) is 4. The van der Waals surface area contributed by atoms with E-state index in [2.05, 4.69) is 27.2 Å². The van der Waals surface area contributed by atoms with Gasteiger partial charge in [-0.2, -0.15) is 5.10 Å². The van der Waals surface area contributed by atoms with Crippen molar-refractivity contribution in [3.63, 3.8) is 0 Å². The van der Waals surface area contributed by atoms with Crippen molar-refractivity contribution in [3.8, 4) is 0 Å². The van der Waals surface area contributed by atoms with E-state index in [9.17, 15) is 0 Å². The molecule has 3 N–H and O–H groups in total. The minimum Gasteiger partial charge on any atom is -0.370 e. The molecule has 0 radical (unpaired) electrons.